The number of carboxylic acids is 1. The minimum absolute atomic E-state index is 0.222. The summed E-state index contributed by atoms with van der Waals surface area (Å²) in [6.45, 7) is 6.63. The third-order valence-electron chi connectivity index (χ3n) is 4.18. The van der Waals surface area contributed by atoms with E-state index < -0.39 is 47.9 Å². The average molecular weight is 405 g/mol. The van der Waals surface area contributed by atoms with Crippen LogP contribution in [0.2, 0.25) is 0 Å². The molecule has 3 amide bonds. The van der Waals surface area contributed by atoms with Gasteiger partial charge in [0, 0.05) is 0 Å². The molecule has 5 unspecified atom stereocenters. The summed E-state index contributed by atoms with van der Waals surface area (Å²) in [6.07, 6.45) is 2.73. The zero-order valence-corrected chi connectivity index (χ0v) is 17.4. The van der Waals surface area contributed by atoms with Gasteiger partial charge in [0.05, 0.1) is 6.04 Å². The summed E-state index contributed by atoms with van der Waals surface area (Å²) < 4.78 is 0. The van der Waals surface area contributed by atoms with Crippen LogP contribution in [-0.2, 0) is 19.2 Å². The molecule has 0 aliphatic carbocycles. The quantitative estimate of drug-likeness (QED) is 0.299. The number of carboxylic acid groups (broad SMARTS) is 1. The van der Waals surface area contributed by atoms with Gasteiger partial charge in [-0.3, -0.25) is 14.4 Å². The maximum absolute atomic E-state index is 12.6. The first kappa shape index (κ1) is 25.2. The molecule has 0 bridgehead atoms. The third-order valence-corrected chi connectivity index (χ3v) is 4.83. The van der Waals surface area contributed by atoms with E-state index in [1.54, 1.807) is 6.92 Å². The molecule has 0 rings (SSSR count). The number of aliphatic carboxylic acids is 1. The number of nitrogens with one attached hydrogen (secondary N) is 3. The van der Waals surface area contributed by atoms with Gasteiger partial charge in [-0.1, -0.05) is 20.3 Å². The van der Waals surface area contributed by atoms with E-state index in [4.69, 9.17) is 5.73 Å². The van der Waals surface area contributed by atoms with Crippen molar-refractivity contribution in [3.05, 3.63) is 0 Å². The van der Waals surface area contributed by atoms with Crippen molar-refractivity contribution in [3.8, 4) is 0 Å². The maximum Gasteiger partial charge on any atom is 0.326 e. The van der Waals surface area contributed by atoms with Crippen LogP contribution in [0.4, 0.5) is 0 Å². The highest BCUT2D eigenvalue weighted by Crippen LogP contribution is 2.10. The highest BCUT2D eigenvalue weighted by atomic mass is 32.2. The number of thioether (sulfide) groups is 1. The molecule has 0 aromatic heterocycles. The minimum atomic E-state index is -1.12. The summed E-state index contributed by atoms with van der Waals surface area (Å²) in [5.41, 5.74) is 5.46. The van der Waals surface area contributed by atoms with Crippen LogP contribution < -0.4 is 21.7 Å². The fourth-order valence-corrected chi connectivity index (χ4v) is 2.62. The van der Waals surface area contributed by atoms with E-state index in [0.717, 1.165) is 0 Å². The van der Waals surface area contributed by atoms with Crippen LogP contribution in [0, 0.1) is 5.92 Å². The second kappa shape index (κ2) is 12.6. The molecule has 5 atom stereocenters. The number of hydrogen-bond acceptors (Lipinski definition) is 6. The number of hydrogen-bond donors (Lipinski definition) is 5. The molecular weight excluding hydrogens is 372 g/mol. The van der Waals surface area contributed by atoms with Crippen molar-refractivity contribution in [2.75, 3.05) is 12.0 Å². The van der Waals surface area contributed by atoms with Crippen LogP contribution in [-0.4, -0.2) is 65.0 Å². The minimum Gasteiger partial charge on any atom is -0.480 e. The molecule has 9 nitrogen and oxygen atoms in total. The van der Waals surface area contributed by atoms with Crippen LogP contribution in [0.25, 0.3) is 0 Å². The first-order chi connectivity index (χ1) is 12.5. The Bertz CT molecular complexity index is 529. The van der Waals surface area contributed by atoms with Crippen molar-refractivity contribution in [3.63, 3.8) is 0 Å². The first-order valence-corrected chi connectivity index (χ1v) is 10.3. The lowest BCUT2D eigenvalue weighted by molar-refractivity contribution is -0.142. The van der Waals surface area contributed by atoms with E-state index in [0.29, 0.717) is 12.2 Å². The highest BCUT2D eigenvalue weighted by molar-refractivity contribution is 7.98. The van der Waals surface area contributed by atoms with E-state index in [1.165, 1.54) is 25.6 Å². The van der Waals surface area contributed by atoms with Crippen LogP contribution in [0.5, 0.6) is 0 Å². The largest absolute Gasteiger partial charge is 0.480 e. The van der Waals surface area contributed by atoms with Crippen molar-refractivity contribution in [2.45, 2.75) is 64.7 Å². The number of nitrogens with two attached hydrogens (primary N) is 1. The van der Waals surface area contributed by atoms with Crippen LogP contribution >= 0.6 is 11.8 Å². The van der Waals surface area contributed by atoms with E-state index in [2.05, 4.69) is 16.0 Å². The van der Waals surface area contributed by atoms with Gasteiger partial charge in [-0.25, -0.2) is 4.79 Å². The van der Waals surface area contributed by atoms with Gasteiger partial charge >= 0.3 is 5.97 Å². The van der Waals surface area contributed by atoms with Gasteiger partial charge in [-0.2, -0.15) is 11.8 Å². The monoisotopic (exact) mass is 404 g/mol. The van der Waals surface area contributed by atoms with Crippen molar-refractivity contribution < 1.29 is 24.3 Å². The van der Waals surface area contributed by atoms with Crippen molar-refractivity contribution >= 4 is 35.5 Å². The molecule has 0 radical (unpaired) electrons. The summed E-state index contributed by atoms with van der Waals surface area (Å²) in [7, 11) is 0. The molecular formula is C17H32N4O5S. The molecule has 0 aromatic carbocycles. The van der Waals surface area contributed by atoms with Crippen molar-refractivity contribution in [2.24, 2.45) is 11.7 Å². The molecule has 0 aliphatic heterocycles. The van der Waals surface area contributed by atoms with Gasteiger partial charge in [-0.15, -0.1) is 0 Å². The summed E-state index contributed by atoms with van der Waals surface area (Å²) in [5.74, 6) is -2.34. The fourth-order valence-electron chi connectivity index (χ4n) is 2.15. The number of carbonyl (C=O) groups excluding carboxylic acids is 3. The van der Waals surface area contributed by atoms with Gasteiger partial charge in [0.1, 0.15) is 18.1 Å². The predicted molar refractivity (Wildman–Crippen MR) is 105 cm³/mol. The standard InChI is InChI=1S/C17H32N4O5S/c1-6-9(2)13(16(24)20-12(17(25)26)7-8-27-5)21-15(23)11(4)19-14(22)10(3)18/h9-13H,6-8,18H2,1-5H3,(H,19,22)(H,20,24)(H,21,23)(H,25,26). The Morgan fingerprint density at radius 3 is 2.04 bits per heavy atom. The van der Waals surface area contributed by atoms with Crippen LogP contribution in [0.15, 0.2) is 0 Å². The lowest BCUT2D eigenvalue weighted by atomic mass is 9.97. The highest BCUT2D eigenvalue weighted by Gasteiger charge is 2.31. The Hall–Kier alpha value is -1.81. The lowest BCUT2D eigenvalue weighted by Gasteiger charge is -2.27. The summed E-state index contributed by atoms with van der Waals surface area (Å²) in [4.78, 5) is 47.9. The molecule has 10 heteroatoms. The second-order valence-corrected chi connectivity index (χ2v) is 7.56. The van der Waals surface area contributed by atoms with Gasteiger partial charge < -0.3 is 26.8 Å². The number of carbonyl (C=O) groups is 4. The predicted octanol–water partition coefficient (Wildman–Crippen LogP) is -0.308. The SMILES string of the molecule is CCC(C)C(NC(=O)C(C)NC(=O)C(C)N)C(=O)NC(CCSC)C(=O)O. The van der Waals surface area contributed by atoms with Crippen molar-refractivity contribution in [1.29, 1.82) is 0 Å². The smallest absolute Gasteiger partial charge is 0.326 e. The molecule has 0 fully saturated rings. The van der Waals surface area contributed by atoms with Crippen LogP contribution in [0.3, 0.4) is 0 Å². The molecule has 0 heterocycles. The summed E-state index contributed by atoms with van der Waals surface area (Å²) in [5, 5.41) is 16.8. The Morgan fingerprint density at radius 1 is 1.00 bits per heavy atom. The number of amides is 3. The molecule has 0 aliphatic rings. The Morgan fingerprint density at radius 2 is 1.59 bits per heavy atom. The summed E-state index contributed by atoms with van der Waals surface area (Å²) >= 11 is 1.48. The normalized spacial score (nSPS) is 16.4. The van der Waals surface area contributed by atoms with E-state index in [-0.39, 0.29) is 12.3 Å². The van der Waals surface area contributed by atoms with Crippen LogP contribution in [0.1, 0.15) is 40.5 Å². The van der Waals surface area contributed by atoms with Crippen molar-refractivity contribution in [1.82, 2.24) is 16.0 Å². The average Bonchev–Trinajstić information content (AvgIpc) is 2.61. The maximum atomic E-state index is 12.6. The molecule has 0 aromatic rings. The van der Waals surface area contributed by atoms with E-state index in [9.17, 15) is 24.3 Å². The van der Waals surface area contributed by atoms with E-state index >= 15 is 0 Å². The van der Waals surface area contributed by atoms with Gasteiger partial charge in [0.15, 0.2) is 0 Å². The molecule has 27 heavy (non-hydrogen) atoms. The Kier molecular flexibility index (Phi) is 11.7. The molecule has 0 saturated carbocycles. The molecule has 0 spiro atoms. The second-order valence-electron chi connectivity index (χ2n) is 6.57. The van der Waals surface area contributed by atoms with Gasteiger partial charge in [0.25, 0.3) is 0 Å². The zero-order chi connectivity index (χ0) is 21.1. The summed E-state index contributed by atoms with van der Waals surface area (Å²) in [6, 6.07) is -3.58. The molecule has 0 saturated heterocycles. The third kappa shape index (κ3) is 9.09. The lowest BCUT2D eigenvalue weighted by Crippen LogP contribution is -2.58. The molecule has 6 N–H and O–H groups in total. The first-order valence-electron chi connectivity index (χ1n) is 8.93. The zero-order valence-electron chi connectivity index (χ0n) is 16.6. The van der Waals surface area contributed by atoms with Gasteiger partial charge in [0.2, 0.25) is 17.7 Å². The topological polar surface area (TPSA) is 151 Å². The fraction of sp³-hybridized carbons (Fsp3) is 0.765. The van der Waals surface area contributed by atoms with E-state index in [1.807, 2.05) is 13.2 Å². The van der Waals surface area contributed by atoms with Gasteiger partial charge in [-0.05, 0) is 38.2 Å². The Balaban J connectivity index is 5.10. The Labute approximate surface area is 164 Å². The number of rotatable bonds is 12. The molecule has 156 valence electrons.